The number of benzene rings is 9. The fourth-order valence-electron chi connectivity index (χ4n) is 8.90. The molecule has 0 saturated carbocycles. The molecule has 0 aromatic heterocycles. The third-order valence-corrected chi connectivity index (χ3v) is 11.8. The first-order valence-electron chi connectivity index (χ1n) is 20.3. The number of allylic oxidation sites excluding steroid dienone is 5. The van der Waals surface area contributed by atoms with Crippen molar-refractivity contribution < 1.29 is 0 Å². The summed E-state index contributed by atoms with van der Waals surface area (Å²) < 4.78 is 0. The number of rotatable bonds is 6. The Labute approximate surface area is 343 Å². The summed E-state index contributed by atoms with van der Waals surface area (Å²) in [5, 5.41) is 13.8. The quantitative estimate of drug-likeness (QED) is 0.169. The van der Waals surface area contributed by atoms with Gasteiger partial charge < -0.3 is 5.32 Å². The molecule has 9 aromatic rings. The average molecular weight is 754 g/mol. The van der Waals surface area contributed by atoms with Crippen LogP contribution in [0.5, 0.6) is 0 Å². The number of hydrogen-bond acceptors (Lipinski definition) is 3. The molecular weight excluding hydrogens is 715 g/mol. The molecule has 2 aliphatic rings. The first-order valence-corrected chi connectivity index (χ1v) is 20.3. The molecule has 11 rings (SSSR count). The molecule has 0 spiro atoms. The molecule has 3 nitrogen and oxygen atoms in total. The van der Waals surface area contributed by atoms with E-state index in [2.05, 4.69) is 218 Å². The topological polar surface area (TPSA) is 36.8 Å². The largest absolute Gasteiger partial charge is 0.344 e. The van der Waals surface area contributed by atoms with Gasteiger partial charge in [0.2, 0.25) is 0 Å². The van der Waals surface area contributed by atoms with Crippen molar-refractivity contribution in [3.05, 3.63) is 229 Å². The number of hydrogen-bond donors (Lipinski definition) is 1. The summed E-state index contributed by atoms with van der Waals surface area (Å²) in [6.45, 7) is 0. The maximum Gasteiger partial charge on any atom is 0.159 e. The monoisotopic (exact) mass is 753 g/mol. The van der Waals surface area contributed by atoms with Crippen molar-refractivity contribution in [3.8, 4) is 33.4 Å². The highest BCUT2D eigenvalue weighted by atomic mass is 15.2. The molecule has 0 bridgehead atoms. The van der Waals surface area contributed by atoms with Crippen molar-refractivity contribution >= 4 is 54.8 Å². The zero-order valence-electron chi connectivity index (χ0n) is 32.4. The Morgan fingerprint density at radius 3 is 1.85 bits per heavy atom. The lowest BCUT2D eigenvalue weighted by Gasteiger charge is -2.25. The SMILES string of the molecule is C1=CC=C(C2N=C(c3cccc(-c4c(-c5ccc6c7ccccc7c7ccccc7c6c5)ccc5ccccc45)c3)N=C(c3cccc(-c4ccccc4)c3)N2)CC=C1. The van der Waals surface area contributed by atoms with Crippen LogP contribution in [-0.2, 0) is 0 Å². The van der Waals surface area contributed by atoms with Gasteiger partial charge in [0.15, 0.2) is 5.84 Å². The Bertz CT molecular complexity index is 3240. The van der Waals surface area contributed by atoms with E-state index in [4.69, 9.17) is 9.98 Å². The van der Waals surface area contributed by atoms with Crippen LogP contribution in [0, 0.1) is 0 Å². The van der Waals surface area contributed by atoms with Gasteiger partial charge in [0.05, 0.1) is 0 Å². The third kappa shape index (κ3) is 6.34. The van der Waals surface area contributed by atoms with Crippen LogP contribution in [0.1, 0.15) is 17.5 Å². The van der Waals surface area contributed by atoms with Gasteiger partial charge >= 0.3 is 0 Å². The highest BCUT2D eigenvalue weighted by molar-refractivity contribution is 6.26. The summed E-state index contributed by atoms with van der Waals surface area (Å²) in [5.41, 5.74) is 10.2. The second-order valence-electron chi connectivity index (χ2n) is 15.3. The Hall–Kier alpha value is -7.62. The van der Waals surface area contributed by atoms with Crippen molar-refractivity contribution in [3.63, 3.8) is 0 Å². The first-order chi connectivity index (χ1) is 29.2. The van der Waals surface area contributed by atoms with Gasteiger partial charge in [-0.1, -0.05) is 194 Å². The number of fused-ring (bicyclic) bond motifs is 7. The van der Waals surface area contributed by atoms with Crippen molar-refractivity contribution in [1.82, 2.24) is 5.32 Å². The minimum atomic E-state index is -0.273. The maximum absolute atomic E-state index is 5.32. The molecule has 1 aliphatic carbocycles. The van der Waals surface area contributed by atoms with E-state index in [1.54, 1.807) is 0 Å². The van der Waals surface area contributed by atoms with Crippen LogP contribution in [0.2, 0.25) is 0 Å². The molecular formula is C56H39N3. The van der Waals surface area contributed by atoms with Gasteiger partial charge in [-0.15, -0.1) is 0 Å². The molecule has 1 heterocycles. The minimum absolute atomic E-state index is 0.273. The van der Waals surface area contributed by atoms with Gasteiger partial charge in [-0.3, -0.25) is 0 Å². The van der Waals surface area contributed by atoms with Gasteiger partial charge in [-0.05, 0) is 107 Å². The standard InChI is InChI=1S/C56H39N3/c1-2-5-20-39(19-4-1)54-57-55(43-23-14-21-40(34-43)37-16-6-3-7-17-37)59-56(58-54)44-24-15-22-42(35-44)53-45-25-9-8-18-38(45)30-32-46(53)41-31-33-51-49-28-11-10-26-47(49)48-27-12-13-29-50(48)52(51)36-41/h1-19,21-36,54H,20H2,(H,57,58,59). The molecule has 1 unspecified atom stereocenters. The van der Waals surface area contributed by atoms with E-state index in [0.29, 0.717) is 5.84 Å². The van der Waals surface area contributed by atoms with Crippen molar-refractivity contribution in [1.29, 1.82) is 0 Å². The van der Waals surface area contributed by atoms with Crippen LogP contribution in [0.15, 0.2) is 228 Å². The highest BCUT2D eigenvalue weighted by Gasteiger charge is 2.23. The summed E-state index contributed by atoms with van der Waals surface area (Å²) in [5.74, 6) is 1.52. The van der Waals surface area contributed by atoms with Crippen molar-refractivity contribution in [2.75, 3.05) is 0 Å². The molecule has 278 valence electrons. The molecule has 0 saturated heterocycles. The van der Waals surface area contributed by atoms with E-state index in [9.17, 15) is 0 Å². The molecule has 1 aliphatic heterocycles. The number of amidine groups is 2. The van der Waals surface area contributed by atoms with Crippen molar-refractivity contribution in [2.45, 2.75) is 12.6 Å². The van der Waals surface area contributed by atoms with Crippen LogP contribution in [-0.4, -0.2) is 17.8 Å². The molecule has 0 radical (unpaired) electrons. The predicted octanol–water partition coefficient (Wildman–Crippen LogP) is 13.9. The summed E-state index contributed by atoms with van der Waals surface area (Å²) in [4.78, 5) is 10.6. The third-order valence-electron chi connectivity index (χ3n) is 11.8. The highest BCUT2D eigenvalue weighted by Crippen LogP contribution is 2.42. The minimum Gasteiger partial charge on any atom is -0.344 e. The summed E-state index contributed by atoms with van der Waals surface area (Å²) in [7, 11) is 0. The van der Waals surface area contributed by atoms with Crippen LogP contribution < -0.4 is 5.32 Å². The van der Waals surface area contributed by atoms with Crippen LogP contribution in [0.25, 0.3) is 76.5 Å². The normalized spacial score (nSPS) is 15.2. The average Bonchev–Trinajstić information content (AvgIpc) is 3.61. The first kappa shape index (κ1) is 34.6. The second kappa shape index (κ2) is 14.7. The Balaban J connectivity index is 1.07. The van der Waals surface area contributed by atoms with Gasteiger partial charge in [0.25, 0.3) is 0 Å². The maximum atomic E-state index is 5.32. The van der Waals surface area contributed by atoms with Gasteiger partial charge in [0.1, 0.15) is 12.0 Å². The Morgan fingerprint density at radius 1 is 0.424 bits per heavy atom. The predicted molar refractivity (Wildman–Crippen MR) is 250 cm³/mol. The molecule has 0 fully saturated rings. The van der Waals surface area contributed by atoms with E-state index < -0.39 is 0 Å². The summed E-state index contributed by atoms with van der Waals surface area (Å²) in [6, 6.07) is 65.8. The molecule has 3 heteroatoms. The lowest BCUT2D eigenvalue weighted by atomic mass is 9.87. The Kier molecular flexibility index (Phi) is 8.63. The van der Waals surface area contributed by atoms with E-state index in [-0.39, 0.29) is 6.17 Å². The lowest BCUT2D eigenvalue weighted by Crippen LogP contribution is -2.40. The lowest BCUT2D eigenvalue weighted by molar-refractivity contribution is 0.702. The number of nitrogens with zero attached hydrogens (tertiary/aromatic N) is 2. The van der Waals surface area contributed by atoms with E-state index in [1.165, 1.54) is 70.9 Å². The van der Waals surface area contributed by atoms with E-state index >= 15 is 0 Å². The fourth-order valence-corrected chi connectivity index (χ4v) is 8.90. The molecule has 9 aromatic carbocycles. The fraction of sp³-hybridized carbons (Fsp3) is 0.0357. The van der Waals surface area contributed by atoms with E-state index in [0.717, 1.165) is 34.5 Å². The molecule has 1 atom stereocenters. The smallest absolute Gasteiger partial charge is 0.159 e. The zero-order valence-corrected chi connectivity index (χ0v) is 32.4. The Morgan fingerprint density at radius 2 is 1.05 bits per heavy atom. The molecule has 0 amide bonds. The van der Waals surface area contributed by atoms with E-state index in [1.807, 2.05) is 0 Å². The number of aliphatic imine (C=N–C) groups is 2. The van der Waals surface area contributed by atoms with Crippen LogP contribution in [0.4, 0.5) is 0 Å². The van der Waals surface area contributed by atoms with Crippen LogP contribution in [0.3, 0.4) is 0 Å². The molecule has 1 N–H and O–H groups in total. The summed E-state index contributed by atoms with van der Waals surface area (Å²) >= 11 is 0. The molecule has 59 heavy (non-hydrogen) atoms. The van der Waals surface area contributed by atoms with Gasteiger partial charge in [0, 0.05) is 11.1 Å². The van der Waals surface area contributed by atoms with Crippen LogP contribution >= 0.6 is 0 Å². The number of nitrogens with one attached hydrogen (secondary N) is 1. The van der Waals surface area contributed by atoms with Gasteiger partial charge in [-0.25, -0.2) is 9.98 Å². The zero-order chi connectivity index (χ0) is 39.1. The second-order valence-corrected chi connectivity index (χ2v) is 15.3. The van der Waals surface area contributed by atoms with Gasteiger partial charge in [-0.2, -0.15) is 0 Å². The summed E-state index contributed by atoms with van der Waals surface area (Å²) in [6.07, 6.45) is 11.2. The van der Waals surface area contributed by atoms with Crippen molar-refractivity contribution in [2.24, 2.45) is 9.98 Å².